The highest BCUT2D eigenvalue weighted by Gasteiger charge is 2.35. The molecule has 1 unspecified atom stereocenters. The van der Waals surface area contributed by atoms with Crippen LogP contribution in [-0.4, -0.2) is 76.3 Å². The van der Waals surface area contributed by atoms with Gasteiger partial charge in [-0.25, -0.2) is 0 Å². The summed E-state index contributed by atoms with van der Waals surface area (Å²) in [5.41, 5.74) is 0. The van der Waals surface area contributed by atoms with Crippen LogP contribution in [0.3, 0.4) is 0 Å². The third-order valence-corrected chi connectivity index (χ3v) is 9.04. The zero-order valence-electron chi connectivity index (χ0n) is 30.3. The zero-order chi connectivity index (χ0) is 35.2. The topological polar surface area (TPSA) is 143 Å². The number of ether oxygens (including phenoxy) is 3. The molecule has 6 atom stereocenters. The van der Waals surface area contributed by atoms with E-state index < -0.39 is 43.3 Å². The monoisotopic (exact) mass is 683 g/mol. The summed E-state index contributed by atoms with van der Waals surface area (Å²) < 4.78 is 16.2. The van der Waals surface area contributed by atoms with E-state index in [0.29, 0.717) is 32.1 Å². The van der Waals surface area contributed by atoms with Gasteiger partial charge in [0, 0.05) is 25.2 Å². The Morgan fingerprint density at radius 3 is 2.00 bits per heavy atom. The van der Waals surface area contributed by atoms with Crippen molar-refractivity contribution in [1.82, 2.24) is 0 Å². The summed E-state index contributed by atoms with van der Waals surface area (Å²) in [7, 11) is 0. The molecule has 1 aliphatic rings. The molecule has 1 fully saturated rings. The second-order valence-electron chi connectivity index (χ2n) is 13.5. The fourth-order valence-electron chi connectivity index (χ4n) is 6.00. The first-order valence-corrected chi connectivity index (χ1v) is 19.3. The second kappa shape index (κ2) is 30.1. The number of carbonyl (C=O) groups is 2. The van der Waals surface area contributed by atoms with Crippen molar-refractivity contribution in [2.75, 3.05) is 13.2 Å². The maximum atomic E-state index is 12.3. The van der Waals surface area contributed by atoms with Gasteiger partial charge in [0.1, 0.15) is 6.61 Å². The van der Waals surface area contributed by atoms with E-state index in [1.807, 2.05) is 12.2 Å². The van der Waals surface area contributed by atoms with Crippen LogP contribution in [0.15, 0.2) is 24.3 Å². The van der Waals surface area contributed by atoms with Crippen LogP contribution in [0.1, 0.15) is 162 Å². The second-order valence-corrected chi connectivity index (χ2v) is 13.5. The fraction of sp³-hybridized carbons (Fsp3) is 0.846. The van der Waals surface area contributed by atoms with E-state index in [0.717, 1.165) is 38.5 Å². The van der Waals surface area contributed by atoms with Crippen molar-refractivity contribution in [2.45, 2.75) is 192 Å². The van der Waals surface area contributed by atoms with Gasteiger partial charge in [-0.1, -0.05) is 134 Å². The van der Waals surface area contributed by atoms with Crippen molar-refractivity contribution >= 4 is 11.9 Å². The first-order valence-electron chi connectivity index (χ1n) is 19.3. The molecule has 9 nitrogen and oxygen atoms in total. The van der Waals surface area contributed by atoms with Crippen LogP contribution in [-0.2, 0) is 23.8 Å². The van der Waals surface area contributed by atoms with E-state index in [4.69, 9.17) is 14.2 Å². The number of hydrogen-bond donors (Lipinski definition) is 4. The molecule has 0 amide bonds. The van der Waals surface area contributed by atoms with Gasteiger partial charge < -0.3 is 34.6 Å². The van der Waals surface area contributed by atoms with Crippen molar-refractivity contribution in [2.24, 2.45) is 5.92 Å². The Hall–Kier alpha value is -1.78. The number of allylic oxidation sites excluding steroid dienone is 2. The van der Waals surface area contributed by atoms with Gasteiger partial charge in [-0.2, -0.15) is 0 Å². The third-order valence-electron chi connectivity index (χ3n) is 9.04. The lowest BCUT2D eigenvalue weighted by Crippen LogP contribution is -2.43. The van der Waals surface area contributed by atoms with E-state index in [9.17, 15) is 30.0 Å². The van der Waals surface area contributed by atoms with Gasteiger partial charge in [0.15, 0.2) is 12.4 Å². The Morgan fingerprint density at radius 1 is 0.792 bits per heavy atom. The van der Waals surface area contributed by atoms with Crippen LogP contribution in [0.25, 0.3) is 0 Å². The summed E-state index contributed by atoms with van der Waals surface area (Å²) in [5, 5.41) is 40.3. The molecule has 280 valence electrons. The van der Waals surface area contributed by atoms with Crippen molar-refractivity contribution < 1.29 is 44.2 Å². The van der Waals surface area contributed by atoms with Gasteiger partial charge in [-0.05, 0) is 32.1 Å². The van der Waals surface area contributed by atoms with Crippen LogP contribution in [0.4, 0.5) is 0 Å². The van der Waals surface area contributed by atoms with E-state index >= 15 is 0 Å². The summed E-state index contributed by atoms with van der Waals surface area (Å²) in [6.07, 6.45) is 25.7. The Labute approximate surface area is 291 Å². The Morgan fingerprint density at radius 2 is 1.38 bits per heavy atom. The van der Waals surface area contributed by atoms with Crippen LogP contribution < -0.4 is 0 Å². The fourth-order valence-corrected chi connectivity index (χ4v) is 6.00. The predicted molar refractivity (Wildman–Crippen MR) is 190 cm³/mol. The minimum Gasteiger partial charge on any atom is -0.462 e. The van der Waals surface area contributed by atoms with Crippen molar-refractivity contribution in [3.63, 3.8) is 0 Å². The number of esters is 2. The largest absolute Gasteiger partial charge is 0.462 e. The molecule has 0 aliphatic carbocycles. The van der Waals surface area contributed by atoms with E-state index in [2.05, 4.69) is 13.8 Å². The van der Waals surface area contributed by atoms with Crippen LogP contribution in [0, 0.1) is 5.92 Å². The quantitative estimate of drug-likeness (QED) is 0.0342. The SMILES string of the molecule is CCCCCCCCCCCCCCCC(=O)OC[C@H](CO)OC(=O)CCC/C=C\C[C@H]1[C@@H](O)CC(O)O[C@@H]1/C=C/[C@@H](O)CCCCC. The van der Waals surface area contributed by atoms with Crippen LogP contribution >= 0.6 is 0 Å². The number of rotatable bonds is 30. The lowest BCUT2D eigenvalue weighted by Gasteiger charge is -2.36. The van der Waals surface area contributed by atoms with Gasteiger partial charge in [-0.3, -0.25) is 9.59 Å². The Kier molecular flexibility index (Phi) is 27.7. The lowest BCUT2D eigenvalue weighted by atomic mass is 9.87. The summed E-state index contributed by atoms with van der Waals surface area (Å²) in [5.74, 6) is -1.05. The first kappa shape index (κ1) is 44.2. The van der Waals surface area contributed by atoms with Gasteiger partial charge in [0.25, 0.3) is 0 Å². The van der Waals surface area contributed by atoms with E-state index in [-0.39, 0.29) is 31.3 Å². The number of aliphatic hydroxyl groups is 4. The van der Waals surface area contributed by atoms with Crippen molar-refractivity contribution in [3.8, 4) is 0 Å². The molecule has 1 rings (SSSR count). The van der Waals surface area contributed by atoms with Crippen molar-refractivity contribution in [1.29, 1.82) is 0 Å². The van der Waals surface area contributed by atoms with Gasteiger partial charge in [0.2, 0.25) is 0 Å². The average molecular weight is 683 g/mol. The van der Waals surface area contributed by atoms with Crippen LogP contribution in [0.2, 0.25) is 0 Å². The number of carbonyl (C=O) groups excluding carboxylic acids is 2. The Balaban J connectivity index is 2.18. The molecule has 1 heterocycles. The molecule has 0 spiro atoms. The minimum atomic E-state index is -1.05. The minimum absolute atomic E-state index is 0.133. The molecular weight excluding hydrogens is 612 g/mol. The summed E-state index contributed by atoms with van der Waals surface area (Å²) in [4.78, 5) is 24.4. The zero-order valence-corrected chi connectivity index (χ0v) is 30.3. The molecule has 0 aromatic carbocycles. The predicted octanol–water partition coefficient (Wildman–Crippen LogP) is 7.61. The van der Waals surface area contributed by atoms with Gasteiger partial charge >= 0.3 is 11.9 Å². The highest BCUT2D eigenvalue weighted by atomic mass is 16.6. The highest BCUT2D eigenvalue weighted by molar-refractivity contribution is 5.70. The van der Waals surface area contributed by atoms with Gasteiger partial charge in [-0.15, -0.1) is 0 Å². The smallest absolute Gasteiger partial charge is 0.306 e. The molecule has 48 heavy (non-hydrogen) atoms. The summed E-state index contributed by atoms with van der Waals surface area (Å²) in [6, 6.07) is 0. The summed E-state index contributed by atoms with van der Waals surface area (Å²) >= 11 is 0. The molecule has 0 aromatic rings. The lowest BCUT2D eigenvalue weighted by molar-refractivity contribution is -0.199. The number of hydrogen-bond acceptors (Lipinski definition) is 9. The maximum absolute atomic E-state index is 12.3. The van der Waals surface area contributed by atoms with Crippen LogP contribution in [0.5, 0.6) is 0 Å². The molecule has 0 aromatic heterocycles. The Bertz CT molecular complexity index is 845. The van der Waals surface area contributed by atoms with E-state index in [1.54, 1.807) is 12.2 Å². The third kappa shape index (κ3) is 23.6. The molecule has 0 radical (unpaired) electrons. The molecule has 0 saturated carbocycles. The molecule has 9 heteroatoms. The molecule has 1 saturated heterocycles. The summed E-state index contributed by atoms with van der Waals surface area (Å²) in [6.45, 7) is 3.80. The van der Waals surface area contributed by atoms with Gasteiger partial charge in [0.05, 0.1) is 24.9 Å². The molecule has 0 bridgehead atoms. The average Bonchev–Trinajstić information content (AvgIpc) is 3.06. The van der Waals surface area contributed by atoms with E-state index in [1.165, 1.54) is 64.2 Å². The normalized spacial score (nSPS) is 21.1. The maximum Gasteiger partial charge on any atom is 0.306 e. The highest BCUT2D eigenvalue weighted by Crippen LogP contribution is 2.29. The molecular formula is C39H70O9. The number of aliphatic hydroxyl groups excluding tert-OH is 4. The molecule has 4 N–H and O–H groups in total. The molecule has 1 aliphatic heterocycles. The standard InChI is InChI=1S/C39H70O9/c1-3-5-7-8-9-10-11-12-13-14-15-16-21-25-37(43)46-31-33(30-40)47-38(44)26-22-18-17-20-24-34-35(42)29-39(45)48-36(34)28-27-32(41)23-19-6-4-2/h17,20,27-28,32-36,39-42,45H,3-16,18-19,21-26,29-31H2,1-2H3/b20-17-,28-27+/t32-,33-,34-,35-,36+,39?/m0/s1. The first-order chi connectivity index (χ1) is 23.3. The van der Waals surface area contributed by atoms with Crippen molar-refractivity contribution in [3.05, 3.63) is 24.3 Å². The number of unbranched alkanes of at least 4 members (excludes halogenated alkanes) is 15.